The number of hydrogen-bond acceptors (Lipinski definition) is 3. The van der Waals surface area contributed by atoms with Crippen LogP contribution in [0.15, 0.2) is 168 Å². The van der Waals surface area contributed by atoms with Gasteiger partial charge in [0.25, 0.3) is 0 Å². The van der Waals surface area contributed by atoms with Crippen LogP contribution in [0.5, 0.6) is 0 Å². The van der Waals surface area contributed by atoms with Crippen molar-refractivity contribution in [1.29, 1.82) is 0 Å². The summed E-state index contributed by atoms with van der Waals surface area (Å²) in [5.74, 6) is 0. The average molecular weight is 594 g/mol. The van der Waals surface area contributed by atoms with Gasteiger partial charge in [-0.2, -0.15) is 0 Å². The van der Waals surface area contributed by atoms with Crippen molar-refractivity contribution in [3.8, 4) is 22.3 Å². The smallest absolute Gasteiger partial charge is 0.159 e. The minimum absolute atomic E-state index is 0.880. The van der Waals surface area contributed by atoms with Crippen molar-refractivity contribution in [2.24, 2.45) is 0 Å². The van der Waals surface area contributed by atoms with Gasteiger partial charge in [0.1, 0.15) is 5.58 Å². The number of para-hydroxylation sites is 2. The van der Waals surface area contributed by atoms with Gasteiger partial charge in [-0.05, 0) is 70.8 Å². The summed E-state index contributed by atoms with van der Waals surface area (Å²) in [5.41, 5.74) is 9.73. The van der Waals surface area contributed by atoms with Crippen LogP contribution >= 0.6 is 11.3 Å². The molecule has 0 aliphatic carbocycles. The molecule has 45 heavy (non-hydrogen) atoms. The number of hydrogen-bond donors (Lipinski definition) is 0. The average Bonchev–Trinajstić information content (AvgIpc) is 3.68. The molecule has 9 rings (SSSR count). The van der Waals surface area contributed by atoms with Gasteiger partial charge in [0, 0.05) is 42.3 Å². The Kier molecular flexibility index (Phi) is 6.03. The molecule has 9 aromatic rings. The highest BCUT2D eigenvalue weighted by Gasteiger charge is 2.19. The van der Waals surface area contributed by atoms with E-state index >= 15 is 0 Å². The summed E-state index contributed by atoms with van der Waals surface area (Å²) in [6, 6.07) is 58.4. The normalized spacial score (nSPS) is 11.6. The van der Waals surface area contributed by atoms with E-state index in [1.54, 1.807) is 0 Å². The molecule has 2 nitrogen and oxygen atoms in total. The van der Waals surface area contributed by atoms with E-state index in [9.17, 15) is 0 Å². The van der Waals surface area contributed by atoms with Gasteiger partial charge < -0.3 is 9.32 Å². The molecular weight excluding hydrogens is 567 g/mol. The zero-order valence-corrected chi connectivity index (χ0v) is 25.2. The van der Waals surface area contributed by atoms with Gasteiger partial charge in [-0.3, -0.25) is 0 Å². The molecule has 212 valence electrons. The topological polar surface area (TPSA) is 16.4 Å². The number of thiophene rings is 1. The fourth-order valence-electron chi connectivity index (χ4n) is 6.48. The molecule has 0 fully saturated rings. The molecular formula is C42H27NOS. The fourth-order valence-corrected chi connectivity index (χ4v) is 7.62. The molecule has 0 spiro atoms. The number of nitrogens with zero attached hydrogens (tertiary/aromatic N) is 1. The molecule has 0 atom stereocenters. The second-order valence-electron chi connectivity index (χ2n) is 11.4. The van der Waals surface area contributed by atoms with Crippen molar-refractivity contribution in [3.05, 3.63) is 164 Å². The van der Waals surface area contributed by atoms with Crippen LogP contribution in [0.1, 0.15) is 0 Å². The third-order valence-electron chi connectivity index (χ3n) is 8.69. The molecule has 3 heteroatoms. The van der Waals surface area contributed by atoms with Crippen LogP contribution in [0.25, 0.3) is 64.4 Å². The predicted octanol–water partition coefficient (Wildman–Crippen LogP) is 12.8. The third kappa shape index (κ3) is 4.40. The number of anilines is 3. The Morgan fingerprint density at radius 3 is 1.76 bits per heavy atom. The Bertz CT molecular complexity index is 2470. The standard InChI is InChI=1S/C42H27NOS/c1-2-9-28(10-3-1)29-17-22-32(23-18-29)43(38-14-8-13-37-34-11-4-6-15-39(34)44-42(37)38)33-24-19-30(20-25-33)31-21-26-36-35-12-5-7-16-40(35)45-41(36)27-31/h1-27H. The van der Waals surface area contributed by atoms with Crippen LogP contribution in [-0.4, -0.2) is 0 Å². The van der Waals surface area contributed by atoms with E-state index in [-0.39, 0.29) is 0 Å². The van der Waals surface area contributed by atoms with Crippen LogP contribution in [0.3, 0.4) is 0 Å². The second-order valence-corrected chi connectivity index (χ2v) is 12.4. The van der Waals surface area contributed by atoms with E-state index < -0.39 is 0 Å². The summed E-state index contributed by atoms with van der Waals surface area (Å²) in [5, 5.41) is 4.89. The van der Waals surface area contributed by atoms with E-state index in [0.29, 0.717) is 0 Å². The predicted molar refractivity (Wildman–Crippen MR) is 192 cm³/mol. The lowest BCUT2D eigenvalue weighted by atomic mass is 10.0. The Balaban J connectivity index is 1.16. The Hall–Kier alpha value is -5.64. The maximum absolute atomic E-state index is 6.52. The first kappa shape index (κ1) is 25.8. The van der Waals surface area contributed by atoms with Crippen molar-refractivity contribution in [2.75, 3.05) is 4.90 Å². The highest BCUT2D eigenvalue weighted by Crippen LogP contribution is 2.43. The molecule has 0 unspecified atom stereocenters. The lowest BCUT2D eigenvalue weighted by Crippen LogP contribution is -2.10. The molecule has 7 aromatic carbocycles. The maximum Gasteiger partial charge on any atom is 0.159 e. The van der Waals surface area contributed by atoms with Gasteiger partial charge in [0.05, 0.1) is 5.69 Å². The first-order chi connectivity index (χ1) is 22.3. The minimum Gasteiger partial charge on any atom is -0.454 e. The quantitative estimate of drug-likeness (QED) is 0.197. The highest BCUT2D eigenvalue weighted by atomic mass is 32.1. The Labute approximate surface area is 265 Å². The SMILES string of the molecule is c1ccc(-c2ccc(N(c3ccc(-c4ccc5c(c4)sc4ccccc45)cc3)c3cccc4c3oc3ccccc34)cc2)cc1. The largest absolute Gasteiger partial charge is 0.454 e. The molecule has 0 radical (unpaired) electrons. The number of benzene rings is 7. The highest BCUT2D eigenvalue weighted by molar-refractivity contribution is 7.25. The Morgan fingerprint density at radius 2 is 0.978 bits per heavy atom. The number of rotatable bonds is 5. The van der Waals surface area contributed by atoms with Gasteiger partial charge in [0.2, 0.25) is 0 Å². The van der Waals surface area contributed by atoms with E-state index in [2.05, 4.69) is 157 Å². The van der Waals surface area contributed by atoms with Crippen molar-refractivity contribution in [2.45, 2.75) is 0 Å². The summed E-state index contributed by atoms with van der Waals surface area (Å²) < 4.78 is 9.16. The molecule has 0 saturated heterocycles. The van der Waals surface area contributed by atoms with Gasteiger partial charge in [0.15, 0.2) is 5.58 Å². The maximum atomic E-state index is 6.52. The van der Waals surface area contributed by atoms with Crippen LogP contribution in [0.2, 0.25) is 0 Å². The number of furan rings is 1. The lowest BCUT2D eigenvalue weighted by molar-refractivity contribution is 0.669. The first-order valence-electron chi connectivity index (χ1n) is 15.2. The summed E-state index contributed by atoms with van der Waals surface area (Å²) in [6.45, 7) is 0. The summed E-state index contributed by atoms with van der Waals surface area (Å²) >= 11 is 1.86. The molecule has 0 bridgehead atoms. The van der Waals surface area contributed by atoms with Crippen LogP contribution in [-0.2, 0) is 0 Å². The van der Waals surface area contributed by atoms with E-state index in [1.807, 2.05) is 23.5 Å². The van der Waals surface area contributed by atoms with Crippen molar-refractivity contribution in [1.82, 2.24) is 0 Å². The van der Waals surface area contributed by atoms with Crippen molar-refractivity contribution >= 4 is 70.5 Å². The molecule has 0 amide bonds. The zero-order valence-electron chi connectivity index (χ0n) is 24.4. The van der Waals surface area contributed by atoms with E-state index in [1.165, 1.54) is 42.4 Å². The van der Waals surface area contributed by atoms with Crippen LogP contribution in [0.4, 0.5) is 17.1 Å². The van der Waals surface area contributed by atoms with Crippen molar-refractivity contribution < 1.29 is 4.42 Å². The minimum atomic E-state index is 0.880. The van der Waals surface area contributed by atoms with E-state index in [4.69, 9.17) is 4.42 Å². The van der Waals surface area contributed by atoms with Gasteiger partial charge in [-0.25, -0.2) is 0 Å². The molecule has 0 N–H and O–H groups in total. The molecule has 0 saturated carbocycles. The third-order valence-corrected chi connectivity index (χ3v) is 9.83. The summed E-state index contributed by atoms with van der Waals surface area (Å²) in [4.78, 5) is 2.30. The van der Waals surface area contributed by atoms with Gasteiger partial charge >= 0.3 is 0 Å². The monoisotopic (exact) mass is 593 g/mol. The fraction of sp³-hybridized carbons (Fsp3) is 0. The van der Waals surface area contributed by atoms with Crippen LogP contribution < -0.4 is 4.90 Å². The van der Waals surface area contributed by atoms with Crippen LogP contribution in [0, 0.1) is 0 Å². The van der Waals surface area contributed by atoms with Crippen molar-refractivity contribution in [3.63, 3.8) is 0 Å². The first-order valence-corrected chi connectivity index (χ1v) is 16.0. The zero-order chi connectivity index (χ0) is 29.7. The second kappa shape index (κ2) is 10.5. The molecule has 0 aliphatic heterocycles. The molecule has 0 aliphatic rings. The van der Waals surface area contributed by atoms with E-state index in [0.717, 1.165) is 39.0 Å². The number of fused-ring (bicyclic) bond motifs is 6. The molecule has 2 aromatic heterocycles. The molecule has 2 heterocycles. The van der Waals surface area contributed by atoms with Gasteiger partial charge in [-0.1, -0.05) is 115 Å². The summed E-state index contributed by atoms with van der Waals surface area (Å²) in [6.07, 6.45) is 0. The van der Waals surface area contributed by atoms with Gasteiger partial charge in [-0.15, -0.1) is 11.3 Å². The summed E-state index contributed by atoms with van der Waals surface area (Å²) in [7, 11) is 0. The lowest BCUT2D eigenvalue weighted by Gasteiger charge is -2.26. The Morgan fingerprint density at radius 1 is 0.400 bits per heavy atom.